The van der Waals surface area contributed by atoms with Crippen LogP contribution in [0.25, 0.3) is 0 Å². The van der Waals surface area contributed by atoms with Crippen LogP contribution in [0.1, 0.15) is 13.8 Å². The Bertz CT molecular complexity index is 167. The van der Waals surface area contributed by atoms with Crippen LogP contribution in [0.15, 0.2) is 0 Å². The summed E-state index contributed by atoms with van der Waals surface area (Å²) in [5.74, 6) is 0. The van der Waals surface area contributed by atoms with Gasteiger partial charge in [0.1, 0.15) is 8.24 Å². The monoisotopic (exact) mass is 219 g/mol. The second-order valence-electron chi connectivity index (χ2n) is 3.99. The quantitative estimate of drug-likeness (QED) is 0.521. The van der Waals surface area contributed by atoms with Gasteiger partial charge in [-0.2, -0.15) is 0 Å². The molecular formula is C9H21NOSSi. The molecule has 13 heavy (non-hydrogen) atoms. The summed E-state index contributed by atoms with van der Waals surface area (Å²) in [5, 5.41) is 0.728. The van der Waals surface area contributed by atoms with Crippen molar-refractivity contribution in [3.8, 4) is 0 Å². The van der Waals surface area contributed by atoms with Gasteiger partial charge in [0.15, 0.2) is 5.05 Å². The Morgan fingerprint density at radius 3 is 2.15 bits per heavy atom. The van der Waals surface area contributed by atoms with Crippen LogP contribution < -0.4 is 0 Å². The molecule has 0 aliphatic carbocycles. The van der Waals surface area contributed by atoms with Crippen molar-refractivity contribution < 1.29 is 4.74 Å². The Labute approximate surface area is 88.4 Å². The molecule has 0 unspecified atom stereocenters. The van der Waals surface area contributed by atoms with Gasteiger partial charge in [-0.3, -0.25) is 0 Å². The van der Waals surface area contributed by atoms with Crippen molar-refractivity contribution in [2.45, 2.75) is 33.5 Å². The summed E-state index contributed by atoms with van der Waals surface area (Å²) in [6.45, 7) is 13.7. The number of nitrogens with zero attached hydrogens (tertiary/aromatic N) is 1. The van der Waals surface area contributed by atoms with Crippen molar-refractivity contribution in [3.63, 3.8) is 0 Å². The molecule has 0 amide bonds. The van der Waals surface area contributed by atoms with E-state index in [1.54, 1.807) is 0 Å². The minimum absolute atomic E-state index is 0.683. The smallest absolute Gasteiger partial charge is 0.173 e. The van der Waals surface area contributed by atoms with Gasteiger partial charge in [-0.05, 0) is 25.7 Å². The van der Waals surface area contributed by atoms with Gasteiger partial charge >= 0.3 is 0 Å². The Morgan fingerprint density at radius 1 is 1.31 bits per heavy atom. The zero-order valence-corrected chi connectivity index (χ0v) is 11.2. The van der Waals surface area contributed by atoms with Crippen LogP contribution in [0.2, 0.25) is 19.6 Å². The second kappa shape index (κ2) is 5.73. The maximum absolute atomic E-state index is 5.28. The molecule has 0 N–H and O–H groups in total. The number of hydrogen-bond donors (Lipinski definition) is 0. The first kappa shape index (κ1) is 13.1. The molecule has 0 fully saturated rings. The first-order valence-electron chi connectivity index (χ1n) is 4.82. The molecule has 0 aliphatic rings. The zero-order valence-electron chi connectivity index (χ0n) is 9.39. The van der Waals surface area contributed by atoms with E-state index in [0.717, 1.165) is 18.1 Å². The highest BCUT2D eigenvalue weighted by Gasteiger charge is 2.23. The van der Waals surface area contributed by atoms with E-state index in [1.807, 2.05) is 6.92 Å². The molecule has 0 bridgehead atoms. The predicted molar refractivity (Wildman–Crippen MR) is 64.8 cm³/mol. The third-order valence-electron chi connectivity index (χ3n) is 1.96. The van der Waals surface area contributed by atoms with Crippen LogP contribution in [-0.2, 0) is 4.74 Å². The highest BCUT2D eigenvalue weighted by molar-refractivity contribution is 7.80. The molecule has 0 aromatic heterocycles. The lowest BCUT2D eigenvalue weighted by Gasteiger charge is -2.32. The molecule has 4 heteroatoms. The average Bonchev–Trinajstić information content (AvgIpc) is 1.98. The van der Waals surface area contributed by atoms with Gasteiger partial charge in [-0.25, -0.2) is 0 Å². The highest BCUT2D eigenvalue weighted by atomic mass is 32.1. The molecule has 78 valence electrons. The number of likely N-dealkylation sites (N-methyl/N-ethyl adjacent to an activating group) is 1. The van der Waals surface area contributed by atoms with E-state index in [-0.39, 0.29) is 0 Å². The van der Waals surface area contributed by atoms with Crippen LogP contribution in [0.3, 0.4) is 0 Å². The molecule has 0 atom stereocenters. The minimum Gasteiger partial charge on any atom is -0.486 e. The molecule has 0 aromatic carbocycles. The number of hydrogen-bond acceptors (Lipinski definition) is 3. The van der Waals surface area contributed by atoms with Crippen LogP contribution >= 0.6 is 12.2 Å². The van der Waals surface area contributed by atoms with Crippen molar-refractivity contribution in [3.05, 3.63) is 0 Å². The normalized spacial score (nSPS) is 11.8. The number of rotatable bonds is 5. The summed E-state index contributed by atoms with van der Waals surface area (Å²) in [4.78, 5) is 0. The van der Waals surface area contributed by atoms with Gasteiger partial charge < -0.3 is 9.30 Å². The fourth-order valence-electron chi connectivity index (χ4n) is 1.19. The molecule has 0 radical (unpaired) electrons. The fourth-order valence-corrected chi connectivity index (χ4v) is 3.14. The standard InChI is InChI=1S/C9H21NOSSi/c1-6-10(13(3,4)5)8-9(12)11-7-2/h6-8H2,1-5H3. The van der Waals surface area contributed by atoms with E-state index in [1.165, 1.54) is 0 Å². The zero-order chi connectivity index (χ0) is 10.5. The molecule has 2 nitrogen and oxygen atoms in total. The third-order valence-corrected chi connectivity index (χ3v) is 4.57. The SMILES string of the molecule is CCOC(=S)CN(CC)[Si](C)(C)C. The Kier molecular flexibility index (Phi) is 5.75. The van der Waals surface area contributed by atoms with Gasteiger partial charge in [-0.15, -0.1) is 0 Å². The van der Waals surface area contributed by atoms with Crippen molar-refractivity contribution in [2.24, 2.45) is 0 Å². The largest absolute Gasteiger partial charge is 0.486 e. The lowest BCUT2D eigenvalue weighted by atomic mass is 10.6. The van der Waals surface area contributed by atoms with E-state index in [9.17, 15) is 0 Å². The summed E-state index contributed by atoms with van der Waals surface area (Å²) in [6.07, 6.45) is 0. The lowest BCUT2D eigenvalue weighted by Crippen LogP contribution is -2.48. The number of thiocarbonyl (C=S) groups is 1. The predicted octanol–water partition coefficient (Wildman–Crippen LogP) is 2.51. The minimum atomic E-state index is -1.21. The van der Waals surface area contributed by atoms with E-state index in [0.29, 0.717) is 6.61 Å². The third kappa shape index (κ3) is 5.39. The molecule has 0 heterocycles. The first-order valence-corrected chi connectivity index (χ1v) is 8.68. The van der Waals surface area contributed by atoms with Crippen LogP contribution in [-0.4, -0.2) is 37.5 Å². The van der Waals surface area contributed by atoms with E-state index >= 15 is 0 Å². The lowest BCUT2D eigenvalue weighted by molar-refractivity contribution is 0.315. The maximum atomic E-state index is 5.28. The summed E-state index contributed by atoms with van der Waals surface area (Å²) in [7, 11) is -1.21. The van der Waals surface area contributed by atoms with Gasteiger partial charge in [-0.1, -0.05) is 26.6 Å². The van der Waals surface area contributed by atoms with Crippen LogP contribution in [0.4, 0.5) is 0 Å². The summed E-state index contributed by atoms with van der Waals surface area (Å²) >= 11 is 5.12. The Balaban J connectivity index is 4.06. The molecule has 0 aliphatic heterocycles. The van der Waals surface area contributed by atoms with Gasteiger partial charge in [0.25, 0.3) is 0 Å². The van der Waals surface area contributed by atoms with Crippen molar-refractivity contribution in [1.29, 1.82) is 0 Å². The van der Waals surface area contributed by atoms with Crippen molar-refractivity contribution in [2.75, 3.05) is 19.7 Å². The van der Waals surface area contributed by atoms with Crippen molar-refractivity contribution in [1.82, 2.24) is 4.57 Å². The van der Waals surface area contributed by atoms with Gasteiger partial charge in [0, 0.05) is 0 Å². The van der Waals surface area contributed by atoms with Gasteiger partial charge in [0.2, 0.25) is 0 Å². The van der Waals surface area contributed by atoms with E-state index in [2.05, 4.69) is 31.1 Å². The number of ether oxygens (including phenoxy) is 1. The van der Waals surface area contributed by atoms with E-state index < -0.39 is 8.24 Å². The summed E-state index contributed by atoms with van der Waals surface area (Å²) in [6, 6.07) is 0. The van der Waals surface area contributed by atoms with Gasteiger partial charge in [0.05, 0.1) is 13.2 Å². The highest BCUT2D eigenvalue weighted by Crippen LogP contribution is 2.08. The molecule has 0 saturated heterocycles. The summed E-state index contributed by atoms with van der Waals surface area (Å²) < 4.78 is 7.72. The van der Waals surface area contributed by atoms with Crippen molar-refractivity contribution >= 4 is 25.5 Å². The Morgan fingerprint density at radius 2 is 1.85 bits per heavy atom. The van der Waals surface area contributed by atoms with Crippen LogP contribution in [0, 0.1) is 0 Å². The average molecular weight is 219 g/mol. The molecule has 0 saturated carbocycles. The topological polar surface area (TPSA) is 12.5 Å². The molecule has 0 aromatic rings. The summed E-state index contributed by atoms with van der Waals surface area (Å²) in [5.41, 5.74) is 0. The second-order valence-corrected chi connectivity index (χ2v) is 9.42. The fraction of sp³-hybridized carbons (Fsp3) is 0.889. The maximum Gasteiger partial charge on any atom is 0.173 e. The molecule has 0 spiro atoms. The van der Waals surface area contributed by atoms with E-state index in [4.69, 9.17) is 17.0 Å². The molecule has 0 rings (SSSR count). The van der Waals surface area contributed by atoms with Crippen LogP contribution in [0.5, 0.6) is 0 Å². The Hall–Kier alpha value is 0.0669. The first-order chi connectivity index (χ1) is 5.91. The molecular weight excluding hydrogens is 198 g/mol.